The summed E-state index contributed by atoms with van der Waals surface area (Å²) in [6, 6.07) is 16.6. The van der Waals surface area contributed by atoms with Crippen LogP contribution in [0, 0.1) is 0 Å². The maximum Gasteiger partial charge on any atom is 0.0671 e. The molecule has 4 nitrogen and oxygen atoms in total. The first-order valence-corrected chi connectivity index (χ1v) is 8.03. The lowest BCUT2D eigenvalue weighted by Crippen LogP contribution is -2.08. The van der Waals surface area contributed by atoms with Gasteiger partial charge in [0.05, 0.1) is 11.4 Å². The van der Waals surface area contributed by atoms with E-state index >= 15 is 0 Å². The summed E-state index contributed by atoms with van der Waals surface area (Å²) in [5, 5.41) is 8.77. The summed E-state index contributed by atoms with van der Waals surface area (Å²) in [7, 11) is 8.13. The van der Waals surface area contributed by atoms with Gasteiger partial charge in [-0.1, -0.05) is 24.3 Å². The Hall–Kier alpha value is -2.62. The van der Waals surface area contributed by atoms with E-state index in [9.17, 15) is 0 Å². The molecule has 2 rings (SSSR count). The Balaban J connectivity index is 2.15. The first-order valence-electron chi connectivity index (χ1n) is 8.03. The highest BCUT2D eigenvalue weighted by molar-refractivity contribution is 6.02. The molecule has 0 radical (unpaired) electrons. The predicted octanol–water partition coefficient (Wildman–Crippen LogP) is 4.05. The van der Waals surface area contributed by atoms with Crippen LogP contribution in [0.5, 0.6) is 0 Å². The summed E-state index contributed by atoms with van der Waals surface area (Å²) in [5.41, 5.74) is 6.33. The van der Waals surface area contributed by atoms with E-state index < -0.39 is 0 Å². The predicted molar refractivity (Wildman–Crippen MR) is 106 cm³/mol. The molecule has 0 N–H and O–H groups in total. The molecule has 0 saturated carbocycles. The zero-order valence-corrected chi connectivity index (χ0v) is 15.4. The van der Waals surface area contributed by atoms with Gasteiger partial charge in [-0.25, -0.2) is 0 Å². The van der Waals surface area contributed by atoms with Gasteiger partial charge in [0, 0.05) is 39.6 Å². The van der Waals surface area contributed by atoms with E-state index in [1.807, 2.05) is 42.0 Å². The zero-order valence-electron chi connectivity index (χ0n) is 15.4. The Morgan fingerprint density at radius 1 is 0.583 bits per heavy atom. The molecule has 2 aromatic rings. The van der Waals surface area contributed by atoms with Gasteiger partial charge in [-0.2, -0.15) is 10.2 Å². The maximum absolute atomic E-state index is 4.38. The molecule has 0 atom stereocenters. The van der Waals surface area contributed by atoms with Crippen molar-refractivity contribution in [3.05, 3.63) is 59.7 Å². The average Bonchev–Trinajstić information content (AvgIpc) is 2.59. The minimum Gasteiger partial charge on any atom is -0.378 e. The molecule has 126 valence electrons. The molecular weight excluding hydrogens is 296 g/mol. The highest BCUT2D eigenvalue weighted by Crippen LogP contribution is 2.14. The molecule has 0 unspecified atom stereocenters. The molecular formula is C20H26N4. The van der Waals surface area contributed by atoms with Crippen molar-refractivity contribution in [3.8, 4) is 0 Å². The molecule has 0 fully saturated rings. The molecule has 0 saturated heterocycles. The molecule has 0 heterocycles. The zero-order chi connectivity index (χ0) is 17.7. The van der Waals surface area contributed by atoms with Crippen molar-refractivity contribution in [2.24, 2.45) is 10.2 Å². The monoisotopic (exact) mass is 322 g/mol. The van der Waals surface area contributed by atoms with E-state index in [-0.39, 0.29) is 0 Å². The van der Waals surface area contributed by atoms with E-state index in [4.69, 9.17) is 0 Å². The van der Waals surface area contributed by atoms with Crippen LogP contribution in [0.15, 0.2) is 58.7 Å². The molecule has 4 heteroatoms. The summed E-state index contributed by atoms with van der Waals surface area (Å²) in [5.74, 6) is 0. The van der Waals surface area contributed by atoms with E-state index in [1.165, 1.54) is 11.4 Å². The molecule has 2 aromatic carbocycles. The Morgan fingerprint density at radius 3 is 1.12 bits per heavy atom. The van der Waals surface area contributed by atoms with Crippen molar-refractivity contribution < 1.29 is 0 Å². The van der Waals surface area contributed by atoms with Crippen LogP contribution >= 0.6 is 0 Å². The lowest BCUT2D eigenvalue weighted by molar-refractivity contribution is 1.13. The number of anilines is 2. The lowest BCUT2D eigenvalue weighted by atomic mass is 10.1. The van der Waals surface area contributed by atoms with Crippen molar-refractivity contribution in [2.45, 2.75) is 13.8 Å². The second-order valence-electron chi connectivity index (χ2n) is 6.25. The topological polar surface area (TPSA) is 31.2 Å². The highest BCUT2D eigenvalue weighted by Gasteiger charge is 2.01. The van der Waals surface area contributed by atoms with Crippen molar-refractivity contribution in [2.75, 3.05) is 38.0 Å². The molecule has 0 bridgehead atoms. The summed E-state index contributed by atoms with van der Waals surface area (Å²) in [6.07, 6.45) is 0. The summed E-state index contributed by atoms with van der Waals surface area (Å²) in [6.45, 7) is 3.97. The number of hydrogen-bond acceptors (Lipinski definition) is 4. The van der Waals surface area contributed by atoms with Gasteiger partial charge < -0.3 is 9.80 Å². The Kier molecular flexibility index (Phi) is 5.74. The van der Waals surface area contributed by atoms with Crippen molar-refractivity contribution in [1.29, 1.82) is 0 Å². The van der Waals surface area contributed by atoms with Crippen LogP contribution in [0.2, 0.25) is 0 Å². The van der Waals surface area contributed by atoms with Crippen LogP contribution in [-0.4, -0.2) is 39.6 Å². The van der Waals surface area contributed by atoms with Gasteiger partial charge in [-0.05, 0) is 49.2 Å². The number of nitrogens with zero attached hydrogens (tertiary/aromatic N) is 4. The Labute approximate surface area is 145 Å². The van der Waals surface area contributed by atoms with Gasteiger partial charge in [0.15, 0.2) is 0 Å². The average molecular weight is 322 g/mol. The minimum absolute atomic E-state index is 0.907. The second kappa shape index (κ2) is 7.77. The molecule has 0 aliphatic rings. The van der Waals surface area contributed by atoms with E-state index in [0.717, 1.165) is 22.6 Å². The molecule has 0 aliphatic carbocycles. The van der Waals surface area contributed by atoms with Gasteiger partial charge in [-0.15, -0.1) is 0 Å². The van der Waals surface area contributed by atoms with E-state index in [1.54, 1.807) is 0 Å². The third-order valence-electron chi connectivity index (χ3n) is 3.95. The van der Waals surface area contributed by atoms with Crippen LogP contribution < -0.4 is 9.80 Å². The fourth-order valence-corrected chi connectivity index (χ4v) is 2.27. The molecule has 0 amide bonds. The van der Waals surface area contributed by atoms with Crippen molar-refractivity contribution in [3.63, 3.8) is 0 Å². The maximum atomic E-state index is 4.38. The smallest absolute Gasteiger partial charge is 0.0671 e. The number of benzene rings is 2. The van der Waals surface area contributed by atoms with Crippen molar-refractivity contribution in [1.82, 2.24) is 0 Å². The Bertz CT molecular complexity index is 658. The van der Waals surface area contributed by atoms with E-state index in [0.29, 0.717) is 0 Å². The summed E-state index contributed by atoms with van der Waals surface area (Å²) >= 11 is 0. The minimum atomic E-state index is 0.907. The third kappa shape index (κ3) is 4.44. The van der Waals surface area contributed by atoms with Gasteiger partial charge in [0.1, 0.15) is 0 Å². The highest BCUT2D eigenvalue weighted by atomic mass is 15.2. The first kappa shape index (κ1) is 17.7. The molecule has 24 heavy (non-hydrogen) atoms. The van der Waals surface area contributed by atoms with Gasteiger partial charge in [-0.3, -0.25) is 0 Å². The molecule has 0 spiro atoms. The van der Waals surface area contributed by atoms with Crippen molar-refractivity contribution >= 4 is 22.8 Å². The Morgan fingerprint density at radius 2 is 0.875 bits per heavy atom. The van der Waals surface area contributed by atoms with Crippen LogP contribution in [0.4, 0.5) is 11.4 Å². The van der Waals surface area contributed by atoms with Crippen LogP contribution in [0.25, 0.3) is 0 Å². The van der Waals surface area contributed by atoms with E-state index in [2.05, 4.69) is 68.5 Å². The number of rotatable bonds is 5. The fraction of sp³-hybridized carbons (Fsp3) is 0.300. The third-order valence-corrected chi connectivity index (χ3v) is 3.95. The lowest BCUT2D eigenvalue weighted by Gasteiger charge is -2.12. The summed E-state index contributed by atoms with van der Waals surface area (Å²) in [4.78, 5) is 4.16. The van der Waals surface area contributed by atoms with Gasteiger partial charge in [0.2, 0.25) is 0 Å². The van der Waals surface area contributed by atoms with Crippen LogP contribution in [0.3, 0.4) is 0 Å². The normalized spacial score (nSPS) is 12.2. The fourth-order valence-electron chi connectivity index (χ4n) is 2.27. The standard InChI is InChI=1S/C20H26N4/c1-15(17-7-11-19(12-8-17)23(3)4)21-22-16(2)18-9-13-20(14-10-18)24(5)6/h7-14H,1-6H3. The quantitative estimate of drug-likeness (QED) is 0.614. The molecule has 0 aliphatic heterocycles. The largest absolute Gasteiger partial charge is 0.378 e. The second-order valence-corrected chi connectivity index (χ2v) is 6.25. The van der Waals surface area contributed by atoms with Crippen LogP contribution in [0.1, 0.15) is 25.0 Å². The first-order chi connectivity index (χ1) is 11.4. The summed E-state index contributed by atoms with van der Waals surface area (Å²) < 4.78 is 0. The molecule has 0 aromatic heterocycles. The number of hydrogen-bond donors (Lipinski definition) is 0. The SMILES string of the molecule is CC(=NN=C(C)c1ccc(N(C)C)cc1)c1ccc(N(C)C)cc1. The van der Waals surface area contributed by atoms with Gasteiger partial charge >= 0.3 is 0 Å². The van der Waals surface area contributed by atoms with Crippen LogP contribution in [-0.2, 0) is 0 Å². The van der Waals surface area contributed by atoms with Gasteiger partial charge in [0.25, 0.3) is 0 Å².